The second-order valence-corrected chi connectivity index (χ2v) is 7.29. The zero-order valence-electron chi connectivity index (χ0n) is 15.4. The van der Waals surface area contributed by atoms with Gasteiger partial charge in [-0.15, -0.1) is 0 Å². The van der Waals surface area contributed by atoms with Gasteiger partial charge in [-0.05, 0) is 36.8 Å². The average molecular weight is 372 g/mol. The summed E-state index contributed by atoms with van der Waals surface area (Å²) < 4.78 is 0. The number of benzene rings is 2. The molecule has 1 amide bonds. The van der Waals surface area contributed by atoms with Crippen LogP contribution in [0.1, 0.15) is 12.5 Å². The van der Waals surface area contributed by atoms with Crippen molar-refractivity contribution >= 4 is 23.2 Å². The number of likely N-dealkylation sites (N-methyl/N-ethyl adjacent to an activating group) is 1. The number of amides is 1. The first-order chi connectivity index (χ1) is 12.5. The highest BCUT2D eigenvalue weighted by Gasteiger charge is 2.27. The summed E-state index contributed by atoms with van der Waals surface area (Å²) in [6, 6.07) is 18.0. The Labute approximate surface area is 161 Å². The summed E-state index contributed by atoms with van der Waals surface area (Å²) in [6.07, 6.45) is 0. The second-order valence-electron chi connectivity index (χ2n) is 6.86. The second kappa shape index (κ2) is 8.56. The Balaban J connectivity index is 1.53. The molecule has 0 aromatic heterocycles. The van der Waals surface area contributed by atoms with Crippen LogP contribution in [0.4, 0.5) is 5.69 Å². The van der Waals surface area contributed by atoms with Crippen molar-refractivity contribution in [2.45, 2.75) is 19.5 Å². The van der Waals surface area contributed by atoms with Crippen LogP contribution in [0.3, 0.4) is 0 Å². The highest BCUT2D eigenvalue weighted by atomic mass is 35.5. The van der Waals surface area contributed by atoms with Crippen LogP contribution in [0.15, 0.2) is 54.6 Å². The Morgan fingerprint density at radius 1 is 1.04 bits per heavy atom. The van der Waals surface area contributed by atoms with Gasteiger partial charge in [0.15, 0.2) is 0 Å². The fourth-order valence-electron chi connectivity index (χ4n) is 3.43. The maximum atomic E-state index is 12.8. The fourth-order valence-corrected chi connectivity index (χ4v) is 3.56. The van der Waals surface area contributed by atoms with Crippen molar-refractivity contribution in [3.05, 3.63) is 65.2 Å². The standard InChI is InChI=1S/C21H26ClN3O/c1-17(21(26)23(2)16-18-6-4-3-5-7-18)24-12-14-25(15-13-24)20-10-8-19(22)9-11-20/h3-11,17H,12-16H2,1-2H3. The molecule has 1 fully saturated rings. The zero-order chi connectivity index (χ0) is 18.5. The fraction of sp³-hybridized carbons (Fsp3) is 0.381. The number of halogens is 1. The average Bonchev–Trinajstić information content (AvgIpc) is 2.68. The summed E-state index contributed by atoms with van der Waals surface area (Å²) in [6.45, 7) is 6.27. The molecule has 138 valence electrons. The van der Waals surface area contributed by atoms with E-state index in [0.29, 0.717) is 6.54 Å². The van der Waals surface area contributed by atoms with Gasteiger partial charge in [0, 0.05) is 50.5 Å². The van der Waals surface area contributed by atoms with Gasteiger partial charge in [-0.3, -0.25) is 9.69 Å². The van der Waals surface area contributed by atoms with Crippen molar-refractivity contribution in [3.8, 4) is 0 Å². The smallest absolute Gasteiger partial charge is 0.239 e. The number of carbonyl (C=O) groups is 1. The van der Waals surface area contributed by atoms with E-state index in [0.717, 1.165) is 36.8 Å². The van der Waals surface area contributed by atoms with Gasteiger partial charge in [-0.25, -0.2) is 0 Å². The number of hydrogen-bond acceptors (Lipinski definition) is 3. The van der Waals surface area contributed by atoms with E-state index in [1.807, 2.05) is 49.2 Å². The van der Waals surface area contributed by atoms with Crippen molar-refractivity contribution < 1.29 is 4.79 Å². The van der Waals surface area contributed by atoms with E-state index in [4.69, 9.17) is 11.6 Å². The summed E-state index contributed by atoms with van der Waals surface area (Å²) in [5.41, 5.74) is 2.34. The molecule has 0 spiro atoms. The summed E-state index contributed by atoms with van der Waals surface area (Å²) in [4.78, 5) is 19.2. The Kier molecular flexibility index (Phi) is 6.17. The summed E-state index contributed by atoms with van der Waals surface area (Å²) >= 11 is 5.97. The van der Waals surface area contributed by atoms with Crippen molar-refractivity contribution in [3.63, 3.8) is 0 Å². The van der Waals surface area contributed by atoms with Crippen LogP contribution < -0.4 is 4.90 Å². The number of piperazine rings is 1. The minimum atomic E-state index is -0.101. The summed E-state index contributed by atoms with van der Waals surface area (Å²) in [5.74, 6) is 0.175. The molecule has 26 heavy (non-hydrogen) atoms. The minimum absolute atomic E-state index is 0.101. The molecule has 1 unspecified atom stereocenters. The van der Waals surface area contributed by atoms with E-state index in [2.05, 4.69) is 34.1 Å². The van der Waals surface area contributed by atoms with Gasteiger partial charge < -0.3 is 9.80 Å². The molecule has 1 aliphatic rings. The van der Waals surface area contributed by atoms with Crippen LogP contribution in [0.25, 0.3) is 0 Å². The Bertz CT molecular complexity index is 712. The first kappa shape index (κ1) is 18.7. The van der Waals surface area contributed by atoms with Crippen molar-refractivity contribution in [1.29, 1.82) is 0 Å². The van der Waals surface area contributed by atoms with Crippen LogP contribution in [0.2, 0.25) is 5.02 Å². The van der Waals surface area contributed by atoms with Crippen LogP contribution in [0.5, 0.6) is 0 Å². The number of anilines is 1. The van der Waals surface area contributed by atoms with E-state index in [-0.39, 0.29) is 11.9 Å². The van der Waals surface area contributed by atoms with Crippen LogP contribution in [-0.4, -0.2) is 55.0 Å². The van der Waals surface area contributed by atoms with E-state index in [1.165, 1.54) is 5.69 Å². The number of nitrogens with zero attached hydrogens (tertiary/aromatic N) is 3. The van der Waals surface area contributed by atoms with Gasteiger partial charge in [-0.1, -0.05) is 41.9 Å². The van der Waals surface area contributed by atoms with E-state index >= 15 is 0 Å². The first-order valence-electron chi connectivity index (χ1n) is 9.08. The molecule has 5 heteroatoms. The lowest BCUT2D eigenvalue weighted by molar-refractivity contribution is -0.135. The minimum Gasteiger partial charge on any atom is -0.369 e. The lowest BCUT2D eigenvalue weighted by Gasteiger charge is -2.39. The molecule has 0 N–H and O–H groups in total. The summed E-state index contributed by atoms with van der Waals surface area (Å²) in [5, 5.41) is 0.757. The van der Waals surface area contributed by atoms with Crippen LogP contribution in [-0.2, 0) is 11.3 Å². The molecule has 0 saturated carbocycles. The molecule has 4 nitrogen and oxygen atoms in total. The number of rotatable bonds is 5. The van der Waals surface area contributed by atoms with E-state index in [9.17, 15) is 4.79 Å². The predicted molar refractivity (Wildman–Crippen MR) is 108 cm³/mol. The largest absolute Gasteiger partial charge is 0.369 e. The monoisotopic (exact) mass is 371 g/mol. The van der Waals surface area contributed by atoms with Gasteiger partial charge in [0.2, 0.25) is 5.91 Å². The zero-order valence-corrected chi connectivity index (χ0v) is 16.2. The van der Waals surface area contributed by atoms with Gasteiger partial charge in [0.05, 0.1) is 6.04 Å². The lowest BCUT2D eigenvalue weighted by Crippen LogP contribution is -2.54. The van der Waals surface area contributed by atoms with Gasteiger partial charge in [0.1, 0.15) is 0 Å². The third kappa shape index (κ3) is 4.57. The molecule has 0 bridgehead atoms. The molecule has 1 aliphatic heterocycles. The lowest BCUT2D eigenvalue weighted by atomic mass is 10.1. The summed E-state index contributed by atoms with van der Waals surface area (Å²) in [7, 11) is 1.88. The highest BCUT2D eigenvalue weighted by Crippen LogP contribution is 2.20. The Morgan fingerprint density at radius 3 is 2.27 bits per heavy atom. The quantitative estimate of drug-likeness (QED) is 0.804. The molecular formula is C21H26ClN3O. The third-order valence-electron chi connectivity index (χ3n) is 5.05. The van der Waals surface area contributed by atoms with Crippen LogP contribution in [0, 0.1) is 0 Å². The van der Waals surface area contributed by atoms with E-state index < -0.39 is 0 Å². The molecule has 2 aromatic carbocycles. The molecule has 1 saturated heterocycles. The molecule has 0 radical (unpaired) electrons. The van der Waals surface area contributed by atoms with Gasteiger partial charge >= 0.3 is 0 Å². The van der Waals surface area contributed by atoms with Crippen molar-refractivity contribution in [2.24, 2.45) is 0 Å². The molecule has 1 heterocycles. The van der Waals surface area contributed by atoms with Crippen molar-refractivity contribution in [1.82, 2.24) is 9.80 Å². The third-order valence-corrected chi connectivity index (χ3v) is 5.30. The number of carbonyl (C=O) groups excluding carboxylic acids is 1. The normalized spacial score (nSPS) is 16.3. The van der Waals surface area contributed by atoms with Gasteiger partial charge in [0.25, 0.3) is 0 Å². The topological polar surface area (TPSA) is 26.8 Å². The molecule has 1 atom stereocenters. The van der Waals surface area contributed by atoms with E-state index in [1.54, 1.807) is 0 Å². The van der Waals surface area contributed by atoms with Crippen LogP contribution >= 0.6 is 11.6 Å². The van der Waals surface area contributed by atoms with Crippen molar-refractivity contribution in [2.75, 3.05) is 38.1 Å². The molecular weight excluding hydrogens is 346 g/mol. The molecule has 3 rings (SSSR count). The Morgan fingerprint density at radius 2 is 1.65 bits per heavy atom. The maximum absolute atomic E-state index is 12.8. The Hall–Kier alpha value is -2.04. The molecule has 0 aliphatic carbocycles. The van der Waals surface area contributed by atoms with Gasteiger partial charge in [-0.2, -0.15) is 0 Å². The predicted octanol–water partition coefficient (Wildman–Crippen LogP) is 3.51. The molecule has 2 aromatic rings. The first-order valence-corrected chi connectivity index (χ1v) is 9.46. The maximum Gasteiger partial charge on any atom is 0.239 e. The number of hydrogen-bond donors (Lipinski definition) is 0. The highest BCUT2D eigenvalue weighted by molar-refractivity contribution is 6.30. The SMILES string of the molecule is CC(C(=O)N(C)Cc1ccccc1)N1CCN(c2ccc(Cl)cc2)CC1.